The molecule has 0 radical (unpaired) electrons. The molecule has 0 spiro atoms. The van der Waals surface area contributed by atoms with E-state index in [1.165, 1.54) is 4.90 Å². The first-order valence-corrected chi connectivity index (χ1v) is 6.58. The van der Waals surface area contributed by atoms with Gasteiger partial charge in [-0.3, -0.25) is 4.79 Å². The van der Waals surface area contributed by atoms with E-state index in [1.807, 2.05) is 0 Å². The fourth-order valence-corrected chi connectivity index (χ4v) is 1.55. The molecule has 1 saturated carbocycles. The second kappa shape index (κ2) is 6.07. The number of amides is 2. The Bertz CT molecular complexity index is 311. The Kier molecular flexibility index (Phi) is 4.99. The molecule has 0 heterocycles. The Morgan fingerprint density at radius 3 is 2.44 bits per heavy atom. The Morgan fingerprint density at radius 2 is 2.00 bits per heavy atom. The van der Waals surface area contributed by atoms with Gasteiger partial charge in [0.25, 0.3) is 0 Å². The number of nitrogens with one attached hydrogen (secondary N) is 1. The van der Waals surface area contributed by atoms with Gasteiger partial charge in [0.1, 0.15) is 6.54 Å². The van der Waals surface area contributed by atoms with Gasteiger partial charge in [0.15, 0.2) is 0 Å². The van der Waals surface area contributed by atoms with Gasteiger partial charge < -0.3 is 15.3 Å². The lowest BCUT2D eigenvalue weighted by molar-refractivity contribution is -0.137. The molecule has 2 N–H and O–H groups in total. The lowest BCUT2D eigenvalue weighted by Gasteiger charge is -2.26. The molecule has 1 aliphatic carbocycles. The number of urea groups is 1. The number of carboxylic acids is 1. The third-order valence-corrected chi connectivity index (χ3v) is 3.46. The number of carbonyl (C=O) groups is 2. The van der Waals surface area contributed by atoms with E-state index in [4.69, 9.17) is 5.11 Å². The largest absolute Gasteiger partial charge is 0.480 e. The van der Waals surface area contributed by atoms with Gasteiger partial charge in [-0.05, 0) is 30.6 Å². The van der Waals surface area contributed by atoms with Crippen LogP contribution < -0.4 is 5.32 Å². The van der Waals surface area contributed by atoms with Crippen LogP contribution in [0, 0.1) is 11.3 Å². The molecule has 0 aromatic carbocycles. The number of aliphatic carboxylic acids is 1. The van der Waals surface area contributed by atoms with Crippen LogP contribution in [0.25, 0.3) is 0 Å². The maximum absolute atomic E-state index is 12.0. The van der Waals surface area contributed by atoms with Gasteiger partial charge >= 0.3 is 12.0 Å². The molecule has 0 bridgehead atoms. The van der Waals surface area contributed by atoms with Gasteiger partial charge in [-0.25, -0.2) is 4.79 Å². The maximum atomic E-state index is 12.0. The zero-order valence-corrected chi connectivity index (χ0v) is 11.5. The highest BCUT2D eigenvalue weighted by molar-refractivity contribution is 5.80. The highest BCUT2D eigenvalue weighted by Gasteiger charge is 2.28. The summed E-state index contributed by atoms with van der Waals surface area (Å²) in [5, 5.41) is 11.7. The lowest BCUT2D eigenvalue weighted by Crippen LogP contribution is -2.46. The first-order valence-electron chi connectivity index (χ1n) is 6.58. The van der Waals surface area contributed by atoms with Gasteiger partial charge in [-0.1, -0.05) is 20.8 Å². The third kappa shape index (κ3) is 5.38. The van der Waals surface area contributed by atoms with E-state index in [9.17, 15) is 9.59 Å². The van der Waals surface area contributed by atoms with Crippen molar-refractivity contribution in [2.45, 2.75) is 40.0 Å². The van der Waals surface area contributed by atoms with Gasteiger partial charge in [-0.2, -0.15) is 0 Å². The number of rotatable bonds is 7. The van der Waals surface area contributed by atoms with E-state index in [1.54, 1.807) is 0 Å². The Morgan fingerprint density at radius 1 is 1.39 bits per heavy atom. The van der Waals surface area contributed by atoms with E-state index in [0.717, 1.165) is 19.3 Å². The van der Waals surface area contributed by atoms with Crippen LogP contribution in [0.3, 0.4) is 0 Å². The standard InChI is InChI=1S/C13H24N2O3/c1-4-13(2,3)9-14-12(18)15(8-11(16)17)7-10-5-6-10/h10H,4-9H2,1-3H3,(H,14,18)(H,16,17). The summed E-state index contributed by atoms with van der Waals surface area (Å²) in [6.07, 6.45) is 3.17. The van der Waals surface area contributed by atoms with E-state index >= 15 is 0 Å². The number of hydrogen-bond donors (Lipinski definition) is 2. The summed E-state index contributed by atoms with van der Waals surface area (Å²) in [5.41, 5.74) is 0.0458. The molecule has 0 aliphatic heterocycles. The molecule has 5 nitrogen and oxygen atoms in total. The fourth-order valence-electron chi connectivity index (χ4n) is 1.55. The topological polar surface area (TPSA) is 69.6 Å². The van der Waals surface area contributed by atoms with E-state index < -0.39 is 5.97 Å². The SMILES string of the molecule is CCC(C)(C)CNC(=O)N(CC(=O)O)CC1CC1. The van der Waals surface area contributed by atoms with Gasteiger partial charge in [0.2, 0.25) is 0 Å². The molecule has 0 unspecified atom stereocenters. The van der Waals surface area contributed by atoms with E-state index in [2.05, 4.69) is 26.1 Å². The lowest BCUT2D eigenvalue weighted by atomic mass is 9.90. The zero-order valence-electron chi connectivity index (χ0n) is 11.5. The second-order valence-corrected chi connectivity index (χ2v) is 5.89. The molecular formula is C13H24N2O3. The molecule has 0 atom stereocenters. The van der Waals surface area contributed by atoms with E-state index in [-0.39, 0.29) is 18.0 Å². The Balaban J connectivity index is 2.44. The van der Waals surface area contributed by atoms with Crippen LogP contribution >= 0.6 is 0 Å². The minimum Gasteiger partial charge on any atom is -0.480 e. The summed E-state index contributed by atoms with van der Waals surface area (Å²) < 4.78 is 0. The summed E-state index contributed by atoms with van der Waals surface area (Å²) in [6.45, 7) is 7.15. The van der Waals surface area contributed by atoms with Crippen molar-refractivity contribution in [1.82, 2.24) is 10.2 Å². The monoisotopic (exact) mass is 256 g/mol. The van der Waals surface area contributed by atoms with Crippen LogP contribution in [-0.2, 0) is 4.79 Å². The van der Waals surface area contributed by atoms with Crippen molar-refractivity contribution in [3.8, 4) is 0 Å². The van der Waals surface area contributed by atoms with Gasteiger partial charge in [-0.15, -0.1) is 0 Å². The van der Waals surface area contributed by atoms with Crippen LogP contribution in [0.4, 0.5) is 4.79 Å². The van der Waals surface area contributed by atoms with Crippen LogP contribution in [0.5, 0.6) is 0 Å². The summed E-state index contributed by atoms with van der Waals surface area (Å²) in [5.74, 6) is -0.463. The third-order valence-electron chi connectivity index (χ3n) is 3.46. The Hall–Kier alpha value is -1.26. The normalized spacial score (nSPS) is 15.3. The van der Waals surface area contributed by atoms with Gasteiger partial charge in [0.05, 0.1) is 0 Å². The molecule has 2 amide bonds. The van der Waals surface area contributed by atoms with Crippen molar-refractivity contribution in [1.29, 1.82) is 0 Å². The average molecular weight is 256 g/mol. The minimum atomic E-state index is -0.958. The number of hydrogen-bond acceptors (Lipinski definition) is 2. The van der Waals surface area contributed by atoms with Crippen LogP contribution in [-0.4, -0.2) is 41.6 Å². The van der Waals surface area contributed by atoms with Crippen molar-refractivity contribution in [2.24, 2.45) is 11.3 Å². The maximum Gasteiger partial charge on any atom is 0.323 e. The zero-order chi connectivity index (χ0) is 13.8. The molecule has 0 saturated heterocycles. The molecule has 0 aromatic rings. The smallest absolute Gasteiger partial charge is 0.323 e. The summed E-state index contributed by atoms with van der Waals surface area (Å²) in [6, 6.07) is -0.258. The molecule has 1 aliphatic rings. The van der Waals surface area contributed by atoms with Crippen LogP contribution in [0.15, 0.2) is 0 Å². The number of carbonyl (C=O) groups excluding carboxylic acids is 1. The minimum absolute atomic E-state index is 0.0458. The summed E-state index contributed by atoms with van der Waals surface area (Å²) in [4.78, 5) is 24.1. The van der Waals surface area contributed by atoms with Crippen molar-refractivity contribution < 1.29 is 14.7 Å². The predicted molar refractivity (Wildman–Crippen MR) is 69.4 cm³/mol. The second-order valence-electron chi connectivity index (χ2n) is 5.89. The molecule has 5 heteroatoms. The highest BCUT2D eigenvalue weighted by Crippen LogP contribution is 2.29. The first kappa shape index (κ1) is 14.8. The first-order chi connectivity index (χ1) is 8.34. The molecule has 18 heavy (non-hydrogen) atoms. The predicted octanol–water partition coefficient (Wildman–Crippen LogP) is 1.93. The van der Waals surface area contributed by atoms with E-state index in [0.29, 0.717) is 19.0 Å². The average Bonchev–Trinajstić information content (AvgIpc) is 3.08. The summed E-state index contributed by atoms with van der Waals surface area (Å²) >= 11 is 0. The Labute approximate surface area is 109 Å². The molecule has 1 fully saturated rings. The van der Waals surface area contributed by atoms with Crippen molar-refractivity contribution in [3.63, 3.8) is 0 Å². The molecular weight excluding hydrogens is 232 g/mol. The van der Waals surface area contributed by atoms with Crippen molar-refractivity contribution >= 4 is 12.0 Å². The van der Waals surface area contributed by atoms with Gasteiger partial charge in [0, 0.05) is 13.1 Å². The van der Waals surface area contributed by atoms with Crippen molar-refractivity contribution in [2.75, 3.05) is 19.6 Å². The van der Waals surface area contributed by atoms with Crippen LogP contribution in [0.1, 0.15) is 40.0 Å². The molecule has 0 aromatic heterocycles. The number of carboxylic acid groups (broad SMARTS) is 1. The van der Waals surface area contributed by atoms with Crippen molar-refractivity contribution in [3.05, 3.63) is 0 Å². The summed E-state index contributed by atoms with van der Waals surface area (Å²) in [7, 11) is 0. The molecule has 104 valence electrons. The quantitative estimate of drug-likeness (QED) is 0.731. The van der Waals surface area contributed by atoms with Crippen LogP contribution in [0.2, 0.25) is 0 Å². The highest BCUT2D eigenvalue weighted by atomic mass is 16.4. The molecule has 1 rings (SSSR count). The number of nitrogens with zero attached hydrogens (tertiary/aromatic N) is 1. The fraction of sp³-hybridized carbons (Fsp3) is 0.846.